The predicted octanol–water partition coefficient (Wildman–Crippen LogP) is 5.02. The number of carbonyl (C=O) groups excluding carboxylic acids is 1. The van der Waals surface area contributed by atoms with Gasteiger partial charge in [0.15, 0.2) is 5.65 Å². The van der Waals surface area contributed by atoms with E-state index in [4.69, 9.17) is 0 Å². The van der Waals surface area contributed by atoms with Gasteiger partial charge >= 0.3 is 0 Å². The van der Waals surface area contributed by atoms with Crippen molar-refractivity contribution in [3.05, 3.63) is 111 Å². The van der Waals surface area contributed by atoms with Crippen molar-refractivity contribution >= 4 is 44.2 Å². The summed E-state index contributed by atoms with van der Waals surface area (Å²) in [6.45, 7) is 2.35. The van der Waals surface area contributed by atoms with E-state index in [1.54, 1.807) is 22.9 Å². The van der Waals surface area contributed by atoms with Gasteiger partial charge in [-0.2, -0.15) is 0 Å². The number of amides is 1. The van der Waals surface area contributed by atoms with Gasteiger partial charge in [0, 0.05) is 22.4 Å². The molecule has 3 heterocycles. The third kappa shape index (κ3) is 3.61. The number of aryl methyl sites for hydroxylation is 1. The van der Waals surface area contributed by atoms with Crippen LogP contribution in [0, 0.1) is 6.92 Å². The molecule has 5 aromatic rings. The summed E-state index contributed by atoms with van der Waals surface area (Å²) >= 11 is 3.48. The van der Waals surface area contributed by atoms with Crippen LogP contribution in [-0.4, -0.2) is 19.9 Å². The Morgan fingerprint density at radius 3 is 2.59 bits per heavy atom. The van der Waals surface area contributed by atoms with Crippen LogP contribution in [0.15, 0.2) is 88.4 Å². The third-order valence-corrected chi connectivity index (χ3v) is 6.08. The fourth-order valence-corrected chi connectivity index (χ4v) is 4.38. The maximum Gasteiger partial charge on any atom is 0.276 e. The van der Waals surface area contributed by atoms with Crippen LogP contribution in [0.1, 0.15) is 21.5 Å². The topological polar surface area (TPSA) is 68.4 Å². The van der Waals surface area contributed by atoms with E-state index < -0.39 is 0 Å². The van der Waals surface area contributed by atoms with Crippen LogP contribution >= 0.6 is 15.9 Å². The van der Waals surface area contributed by atoms with E-state index in [9.17, 15) is 9.59 Å². The number of rotatable bonds is 4. The molecule has 1 N–H and O–H groups in total. The average molecular weight is 487 g/mol. The van der Waals surface area contributed by atoms with Crippen molar-refractivity contribution in [1.82, 2.24) is 14.0 Å². The quantitative estimate of drug-likeness (QED) is 0.387. The number of hydrogen-bond acceptors (Lipinski definition) is 3. The van der Waals surface area contributed by atoms with E-state index in [-0.39, 0.29) is 11.5 Å². The summed E-state index contributed by atoms with van der Waals surface area (Å²) in [5.41, 5.74) is 5.25. The minimum atomic E-state index is -0.194. The summed E-state index contributed by atoms with van der Waals surface area (Å²) in [4.78, 5) is 30.2. The van der Waals surface area contributed by atoms with Crippen molar-refractivity contribution in [3.8, 4) is 0 Å². The molecule has 7 heteroatoms. The Morgan fingerprint density at radius 2 is 1.81 bits per heavy atom. The van der Waals surface area contributed by atoms with Crippen LogP contribution in [0.25, 0.3) is 16.7 Å². The van der Waals surface area contributed by atoms with Crippen molar-refractivity contribution in [2.24, 2.45) is 0 Å². The third-order valence-electron chi connectivity index (χ3n) is 5.42. The number of halogens is 1. The van der Waals surface area contributed by atoms with E-state index in [0.29, 0.717) is 29.0 Å². The Morgan fingerprint density at radius 1 is 1.03 bits per heavy atom. The van der Waals surface area contributed by atoms with Gasteiger partial charge in [0.1, 0.15) is 5.52 Å². The van der Waals surface area contributed by atoms with E-state index in [1.807, 2.05) is 72.1 Å². The molecule has 2 aromatic carbocycles. The van der Waals surface area contributed by atoms with Crippen molar-refractivity contribution in [2.45, 2.75) is 13.5 Å². The second-order valence-corrected chi connectivity index (χ2v) is 8.49. The Balaban J connectivity index is 1.44. The van der Waals surface area contributed by atoms with Gasteiger partial charge in [0.2, 0.25) is 0 Å². The zero-order valence-corrected chi connectivity index (χ0v) is 18.8. The van der Waals surface area contributed by atoms with E-state index >= 15 is 0 Å². The molecule has 1 amide bonds. The molecule has 0 unspecified atom stereocenters. The number of carbonyl (C=O) groups is 1. The number of hydrogen-bond donors (Lipinski definition) is 1. The molecule has 6 nitrogen and oxygen atoms in total. The number of nitrogens with one attached hydrogen (secondary N) is 1. The molecule has 3 aromatic heterocycles. The lowest BCUT2D eigenvalue weighted by molar-refractivity contribution is 0.102. The summed E-state index contributed by atoms with van der Waals surface area (Å²) in [5, 5.41) is 2.92. The van der Waals surface area contributed by atoms with E-state index in [2.05, 4.69) is 26.2 Å². The number of fused-ring (bicyclic) bond motifs is 3. The van der Waals surface area contributed by atoms with Gasteiger partial charge in [-0.1, -0.05) is 18.2 Å². The molecule has 5 rings (SSSR count). The fraction of sp³-hybridized carbons (Fsp3) is 0.0800. The first-order chi connectivity index (χ1) is 15.5. The fourth-order valence-electron chi connectivity index (χ4n) is 3.79. The molecule has 0 aliphatic heterocycles. The average Bonchev–Trinajstić information content (AvgIpc) is 3.29. The van der Waals surface area contributed by atoms with Crippen LogP contribution in [0.5, 0.6) is 0 Å². The number of aromatic nitrogens is 3. The molecule has 0 spiro atoms. The molecule has 0 saturated carbocycles. The Bertz CT molecular complexity index is 1530. The van der Waals surface area contributed by atoms with Crippen molar-refractivity contribution in [3.63, 3.8) is 0 Å². The molecule has 0 saturated heterocycles. The molecular weight excluding hydrogens is 468 g/mol. The molecular formula is C25H19BrN4O2. The molecule has 0 aliphatic rings. The van der Waals surface area contributed by atoms with Crippen LogP contribution in [0.4, 0.5) is 5.69 Å². The highest BCUT2D eigenvalue weighted by atomic mass is 79.9. The van der Waals surface area contributed by atoms with Gasteiger partial charge < -0.3 is 9.72 Å². The van der Waals surface area contributed by atoms with Gasteiger partial charge in [-0.05, 0) is 82.5 Å². The lowest BCUT2D eigenvalue weighted by Gasteiger charge is -2.12. The molecule has 32 heavy (non-hydrogen) atoms. The number of pyridine rings is 1. The molecule has 158 valence electrons. The van der Waals surface area contributed by atoms with Crippen LogP contribution in [0.3, 0.4) is 0 Å². The molecule has 0 atom stereocenters. The Labute approximate surface area is 192 Å². The SMILES string of the molecule is Cc1ccc(NC(=O)c2ccc(Cn3c(=O)c4cccn4c4cccnc43)cc2)c(Br)c1. The molecule has 0 bridgehead atoms. The van der Waals surface area contributed by atoms with E-state index in [1.165, 1.54) is 0 Å². The van der Waals surface area contributed by atoms with Crippen LogP contribution in [-0.2, 0) is 6.54 Å². The van der Waals surface area contributed by atoms with Gasteiger partial charge in [-0.25, -0.2) is 4.98 Å². The number of nitrogens with zero attached hydrogens (tertiary/aromatic N) is 3. The molecule has 0 fully saturated rings. The van der Waals surface area contributed by atoms with Gasteiger partial charge in [0.25, 0.3) is 11.5 Å². The second kappa shape index (κ2) is 8.09. The lowest BCUT2D eigenvalue weighted by atomic mass is 10.1. The van der Waals surface area contributed by atoms with Crippen molar-refractivity contribution < 1.29 is 4.79 Å². The van der Waals surface area contributed by atoms with Gasteiger partial charge in [0.05, 0.1) is 17.7 Å². The van der Waals surface area contributed by atoms with E-state index in [0.717, 1.165) is 21.1 Å². The minimum absolute atomic E-state index is 0.104. The summed E-state index contributed by atoms with van der Waals surface area (Å²) < 4.78 is 4.36. The molecule has 0 radical (unpaired) electrons. The maximum atomic E-state index is 13.1. The smallest absolute Gasteiger partial charge is 0.276 e. The first-order valence-corrected chi connectivity index (χ1v) is 10.9. The summed E-state index contributed by atoms with van der Waals surface area (Å²) in [6.07, 6.45) is 3.55. The Kier molecular flexibility index (Phi) is 5.11. The monoisotopic (exact) mass is 486 g/mol. The normalized spacial score (nSPS) is 11.2. The first kappa shape index (κ1) is 20.2. The molecule has 0 aliphatic carbocycles. The van der Waals surface area contributed by atoms with Crippen LogP contribution < -0.4 is 10.9 Å². The van der Waals surface area contributed by atoms with Crippen molar-refractivity contribution in [2.75, 3.05) is 5.32 Å². The second-order valence-electron chi connectivity index (χ2n) is 7.64. The maximum absolute atomic E-state index is 13.1. The summed E-state index contributed by atoms with van der Waals surface area (Å²) in [5.74, 6) is -0.194. The Hall–Kier alpha value is -3.71. The summed E-state index contributed by atoms with van der Waals surface area (Å²) in [7, 11) is 0. The van der Waals surface area contributed by atoms with Crippen LogP contribution in [0.2, 0.25) is 0 Å². The first-order valence-electron chi connectivity index (χ1n) is 10.1. The highest BCUT2D eigenvalue weighted by Crippen LogP contribution is 2.24. The predicted molar refractivity (Wildman–Crippen MR) is 129 cm³/mol. The van der Waals surface area contributed by atoms with Gasteiger partial charge in [-0.15, -0.1) is 0 Å². The number of benzene rings is 2. The largest absolute Gasteiger partial charge is 0.321 e. The van der Waals surface area contributed by atoms with Gasteiger partial charge in [-0.3, -0.25) is 14.2 Å². The lowest BCUT2D eigenvalue weighted by Crippen LogP contribution is -2.24. The summed E-state index contributed by atoms with van der Waals surface area (Å²) in [6, 6.07) is 20.5. The highest BCUT2D eigenvalue weighted by molar-refractivity contribution is 9.10. The minimum Gasteiger partial charge on any atom is -0.321 e. The standard InChI is InChI=1S/C25H19BrN4O2/c1-16-6-11-20(19(26)14-16)28-24(31)18-9-7-17(8-10-18)15-30-23-21(4-2-12-27-23)29-13-3-5-22(29)25(30)32/h2-14H,15H2,1H3,(H,28,31). The van der Waals surface area contributed by atoms with Crippen molar-refractivity contribution in [1.29, 1.82) is 0 Å². The highest BCUT2D eigenvalue weighted by Gasteiger charge is 2.13. The number of anilines is 1. The zero-order valence-electron chi connectivity index (χ0n) is 17.2. The zero-order chi connectivity index (χ0) is 22.2.